The van der Waals surface area contributed by atoms with Crippen molar-refractivity contribution in [3.8, 4) is 0 Å². The molecule has 0 atom stereocenters. The Labute approximate surface area is 88.2 Å². The first-order valence-electron chi connectivity index (χ1n) is 4.73. The smallest absolute Gasteiger partial charge is 0.223 e. The summed E-state index contributed by atoms with van der Waals surface area (Å²) in [5, 5.41) is 0. The Balaban J connectivity index is 1.83. The second kappa shape index (κ2) is 5.14. The molecule has 15 heavy (non-hydrogen) atoms. The first-order valence-corrected chi connectivity index (χ1v) is 4.73. The largest absolute Gasteiger partial charge is 0.276 e. The van der Waals surface area contributed by atoms with Crippen LogP contribution in [0, 0.1) is 0 Å². The standard InChI is InChI=1S/C10H13N5/c1-2-5-9(6-3-1)7-4-8-11-10-12-14-15-13-10/h1-7,14-15H,8H2,(H2,11,12,13)/b7-4+. The number of rotatable bonds is 3. The van der Waals surface area contributed by atoms with Crippen LogP contribution >= 0.6 is 0 Å². The summed E-state index contributed by atoms with van der Waals surface area (Å²) >= 11 is 0. The summed E-state index contributed by atoms with van der Waals surface area (Å²) in [4.78, 5) is 4.22. The van der Waals surface area contributed by atoms with Gasteiger partial charge in [0.05, 0.1) is 6.54 Å². The van der Waals surface area contributed by atoms with E-state index in [2.05, 4.69) is 39.0 Å². The molecule has 78 valence electrons. The number of hydrazine groups is 3. The highest BCUT2D eigenvalue weighted by Gasteiger charge is 2.00. The number of nitrogens with one attached hydrogen (secondary N) is 4. The van der Waals surface area contributed by atoms with Crippen molar-refractivity contribution < 1.29 is 0 Å². The van der Waals surface area contributed by atoms with Crippen LogP contribution in [0.15, 0.2) is 41.4 Å². The van der Waals surface area contributed by atoms with E-state index in [1.54, 1.807) is 0 Å². The third-order valence-electron chi connectivity index (χ3n) is 1.89. The van der Waals surface area contributed by atoms with Crippen LogP contribution < -0.4 is 21.9 Å². The Morgan fingerprint density at radius 3 is 2.53 bits per heavy atom. The molecule has 0 radical (unpaired) electrons. The van der Waals surface area contributed by atoms with Gasteiger partial charge in [-0.2, -0.15) is 11.1 Å². The maximum Gasteiger partial charge on any atom is 0.223 e. The van der Waals surface area contributed by atoms with Gasteiger partial charge < -0.3 is 0 Å². The van der Waals surface area contributed by atoms with Crippen molar-refractivity contribution in [2.24, 2.45) is 4.99 Å². The Morgan fingerprint density at radius 1 is 1.07 bits per heavy atom. The predicted molar refractivity (Wildman–Crippen MR) is 60.3 cm³/mol. The van der Waals surface area contributed by atoms with Crippen LogP contribution in [0.1, 0.15) is 5.56 Å². The molecule has 1 aliphatic heterocycles. The fraction of sp³-hybridized carbons (Fsp3) is 0.100. The highest BCUT2D eigenvalue weighted by molar-refractivity contribution is 5.80. The maximum absolute atomic E-state index is 4.22. The Bertz CT molecular complexity index is 349. The van der Waals surface area contributed by atoms with E-state index >= 15 is 0 Å². The fourth-order valence-corrected chi connectivity index (χ4v) is 1.19. The first kappa shape index (κ1) is 9.70. The number of aliphatic imine (C=N–C) groups is 1. The summed E-state index contributed by atoms with van der Waals surface area (Å²) in [7, 11) is 0. The molecule has 5 nitrogen and oxygen atoms in total. The van der Waals surface area contributed by atoms with Crippen LogP contribution in [0.4, 0.5) is 0 Å². The molecule has 0 unspecified atom stereocenters. The zero-order valence-electron chi connectivity index (χ0n) is 8.20. The summed E-state index contributed by atoms with van der Waals surface area (Å²) in [6, 6.07) is 10.1. The summed E-state index contributed by atoms with van der Waals surface area (Å²) in [5.74, 6) is 0.688. The van der Waals surface area contributed by atoms with Crippen molar-refractivity contribution in [2.75, 3.05) is 6.54 Å². The molecular formula is C10H13N5. The van der Waals surface area contributed by atoms with Gasteiger partial charge in [0.15, 0.2) is 0 Å². The van der Waals surface area contributed by atoms with E-state index in [-0.39, 0.29) is 0 Å². The molecule has 1 heterocycles. The molecule has 1 fully saturated rings. The van der Waals surface area contributed by atoms with Crippen molar-refractivity contribution in [2.45, 2.75) is 0 Å². The topological polar surface area (TPSA) is 60.5 Å². The Hall–Kier alpha value is -1.85. The van der Waals surface area contributed by atoms with E-state index in [1.165, 1.54) is 5.56 Å². The molecule has 4 N–H and O–H groups in total. The fourth-order valence-electron chi connectivity index (χ4n) is 1.19. The molecule has 1 aromatic rings. The number of hydrogen-bond donors (Lipinski definition) is 4. The molecule has 0 aliphatic carbocycles. The van der Waals surface area contributed by atoms with E-state index in [9.17, 15) is 0 Å². The highest BCUT2D eigenvalue weighted by atomic mass is 15.8. The molecular weight excluding hydrogens is 190 g/mol. The number of benzene rings is 1. The van der Waals surface area contributed by atoms with Gasteiger partial charge in [0.2, 0.25) is 5.96 Å². The minimum atomic E-state index is 0.633. The van der Waals surface area contributed by atoms with E-state index in [0.717, 1.165) is 0 Å². The molecule has 0 saturated carbocycles. The van der Waals surface area contributed by atoms with Crippen LogP contribution in [-0.2, 0) is 0 Å². The van der Waals surface area contributed by atoms with Crippen molar-refractivity contribution in [3.63, 3.8) is 0 Å². The molecule has 0 aromatic heterocycles. The lowest BCUT2D eigenvalue weighted by molar-refractivity contribution is 0.556. The van der Waals surface area contributed by atoms with Crippen molar-refractivity contribution in [1.29, 1.82) is 0 Å². The third-order valence-corrected chi connectivity index (χ3v) is 1.89. The van der Waals surface area contributed by atoms with Gasteiger partial charge in [-0.3, -0.25) is 10.9 Å². The van der Waals surface area contributed by atoms with E-state index in [0.29, 0.717) is 12.5 Å². The third kappa shape index (κ3) is 3.08. The summed E-state index contributed by atoms with van der Waals surface area (Å²) in [6.45, 7) is 0.633. The lowest BCUT2D eigenvalue weighted by Gasteiger charge is -1.93. The summed E-state index contributed by atoms with van der Waals surface area (Å²) in [6.07, 6.45) is 4.05. The number of guanidine groups is 1. The maximum atomic E-state index is 4.22. The molecule has 5 heteroatoms. The molecule has 0 bridgehead atoms. The molecule has 0 spiro atoms. The van der Waals surface area contributed by atoms with Gasteiger partial charge in [-0.15, -0.1) is 0 Å². The number of nitrogens with zero attached hydrogens (tertiary/aromatic N) is 1. The van der Waals surface area contributed by atoms with Gasteiger partial charge in [-0.25, -0.2) is 4.99 Å². The minimum Gasteiger partial charge on any atom is -0.276 e. The predicted octanol–water partition coefficient (Wildman–Crippen LogP) is 0.173. The molecule has 1 aliphatic rings. The zero-order valence-corrected chi connectivity index (χ0v) is 8.20. The van der Waals surface area contributed by atoms with Gasteiger partial charge in [-0.05, 0) is 5.56 Å². The average Bonchev–Trinajstić information content (AvgIpc) is 2.79. The van der Waals surface area contributed by atoms with Crippen LogP contribution in [0.3, 0.4) is 0 Å². The van der Waals surface area contributed by atoms with E-state index in [1.807, 2.05) is 30.4 Å². The Kier molecular flexibility index (Phi) is 3.32. The SMILES string of the molecule is C(=C\c1ccccc1)/CN=C1NNNN1. The first-order chi connectivity index (χ1) is 7.45. The van der Waals surface area contributed by atoms with Crippen LogP contribution in [0.5, 0.6) is 0 Å². The molecule has 1 saturated heterocycles. The average molecular weight is 203 g/mol. The van der Waals surface area contributed by atoms with E-state index in [4.69, 9.17) is 0 Å². The van der Waals surface area contributed by atoms with Crippen molar-refractivity contribution >= 4 is 12.0 Å². The lowest BCUT2D eigenvalue weighted by Crippen LogP contribution is -2.33. The zero-order chi connectivity index (χ0) is 10.3. The monoisotopic (exact) mass is 203 g/mol. The molecule has 0 amide bonds. The van der Waals surface area contributed by atoms with Gasteiger partial charge in [0.1, 0.15) is 0 Å². The Morgan fingerprint density at radius 2 is 1.80 bits per heavy atom. The van der Waals surface area contributed by atoms with Crippen molar-refractivity contribution in [1.82, 2.24) is 21.9 Å². The van der Waals surface area contributed by atoms with Gasteiger partial charge in [-0.1, -0.05) is 42.5 Å². The van der Waals surface area contributed by atoms with E-state index < -0.39 is 0 Å². The highest BCUT2D eigenvalue weighted by Crippen LogP contribution is 2.00. The summed E-state index contributed by atoms with van der Waals surface area (Å²) < 4.78 is 0. The second-order valence-corrected chi connectivity index (χ2v) is 3.00. The second-order valence-electron chi connectivity index (χ2n) is 3.00. The molecule has 2 rings (SSSR count). The minimum absolute atomic E-state index is 0.633. The number of hydrogen-bond acceptors (Lipinski definition) is 3. The van der Waals surface area contributed by atoms with Crippen LogP contribution in [-0.4, -0.2) is 12.5 Å². The van der Waals surface area contributed by atoms with Crippen LogP contribution in [0.25, 0.3) is 6.08 Å². The normalized spacial score (nSPS) is 15.1. The lowest BCUT2D eigenvalue weighted by atomic mass is 10.2. The quantitative estimate of drug-likeness (QED) is 0.566. The van der Waals surface area contributed by atoms with Crippen LogP contribution in [0.2, 0.25) is 0 Å². The molecule has 1 aromatic carbocycles. The van der Waals surface area contributed by atoms with Crippen molar-refractivity contribution in [3.05, 3.63) is 42.0 Å². The van der Waals surface area contributed by atoms with Gasteiger partial charge in [0.25, 0.3) is 0 Å². The van der Waals surface area contributed by atoms with Gasteiger partial charge >= 0.3 is 0 Å². The van der Waals surface area contributed by atoms with Gasteiger partial charge in [0, 0.05) is 0 Å². The summed E-state index contributed by atoms with van der Waals surface area (Å²) in [5.41, 5.74) is 12.1.